The van der Waals surface area contributed by atoms with E-state index in [4.69, 9.17) is 9.05 Å². The molecule has 0 fully saturated rings. The molecule has 6 N–H and O–H groups in total. The van der Waals surface area contributed by atoms with E-state index in [1.807, 2.05) is 6.92 Å². The number of carbonyl (C=O) groups is 2. The van der Waals surface area contributed by atoms with E-state index in [9.17, 15) is 23.6 Å². The minimum atomic E-state index is -4.42. The van der Waals surface area contributed by atoms with Gasteiger partial charge in [0.15, 0.2) is 0 Å². The lowest BCUT2D eigenvalue weighted by molar-refractivity contribution is -0.193. The summed E-state index contributed by atoms with van der Waals surface area (Å²) in [6.07, 6.45) is 11.6. The number of quaternary nitrogens is 1. The van der Waals surface area contributed by atoms with E-state index in [1.54, 1.807) is 0 Å². The van der Waals surface area contributed by atoms with Gasteiger partial charge in [0.1, 0.15) is 0 Å². The summed E-state index contributed by atoms with van der Waals surface area (Å²) in [7, 11) is -7.00. The van der Waals surface area contributed by atoms with Crippen LogP contribution in [-0.4, -0.2) is 38.3 Å². The number of ether oxygens (including phenoxy) is 1. The van der Waals surface area contributed by atoms with Crippen LogP contribution in [0.5, 0.6) is 0 Å². The number of carbonyl (C=O) groups excluding carboxylic acids is 2. The summed E-state index contributed by atoms with van der Waals surface area (Å²) in [5.41, 5.74) is 2.27. The molecule has 0 spiro atoms. The lowest BCUT2D eigenvalue weighted by atomic mass is 10.2. The Bertz CT molecular complexity index is 589. The first-order chi connectivity index (χ1) is 15.6. The van der Waals surface area contributed by atoms with Gasteiger partial charge in [0.25, 0.3) is 5.65 Å². The van der Waals surface area contributed by atoms with Crippen molar-refractivity contribution in [2.75, 3.05) is 26.9 Å². The summed E-state index contributed by atoms with van der Waals surface area (Å²) in [5, 5.41) is 0. The fraction of sp³-hybridized carbons (Fsp3) is 0.905. The van der Waals surface area contributed by atoms with Gasteiger partial charge < -0.3 is 35.1 Å². The Hall–Kier alpha value is -0.800. The molecule has 0 radical (unpaired) electrons. The molecule has 0 rings (SSSR count). The predicted octanol–water partition coefficient (Wildman–Crippen LogP) is 6.73. The second kappa shape index (κ2) is 23.9. The molecule has 0 saturated carbocycles. The minimum absolute atomic E-state index is 0. The van der Waals surface area contributed by atoms with E-state index in [2.05, 4.69) is 28.8 Å². The van der Waals surface area contributed by atoms with Crippen LogP contribution in [0.1, 0.15) is 97.8 Å². The van der Waals surface area contributed by atoms with Crippen molar-refractivity contribution in [3.63, 3.8) is 0 Å². The summed E-state index contributed by atoms with van der Waals surface area (Å²) in [6, 6.07) is 0. The third-order valence-electron chi connectivity index (χ3n) is 4.45. The summed E-state index contributed by atoms with van der Waals surface area (Å²) < 4.78 is 42.3. The molecule has 0 saturated heterocycles. The van der Waals surface area contributed by atoms with Gasteiger partial charge in [-0.05, 0) is 19.3 Å². The van der Waals surface area contributed by atoms with Crippen LogP contribution in [0.3, 0.4) is 0 Å². The molecule has 0 aromatic carbocycles. The predicted molar refractivity (Wildman–Crippen MR) is 133 cm³/mol. The Morgan fingerprint density at radius 1 is 0.706 bits per heavy atom. The topological polar surface area (TPSA) is 191 Å². The molecule has 0 aliphatic rings. The van der Waals surface area contributed by atoms with E-state index in [1.165, 1.54) is 7.11 Å². The zero-order chi connectivity index (χ0) is 25.6. The molecule has 11 nitrogen and oxygen atoms in total. The highest BCUT2D eigenvalue weighted by Gasteiger charge is 2.36. The van der Waals surface area contributed by atoms with Gasteiger partial charge in [-0.25, -0.2) is 9.36 Å². The summed E-state index contributed by atoms with van der Waals surface area (Å²) in [5.74, 6) is 0. The molecule has 0 bridgehead atoms. The van der Waals surface area contributed by atoms with Gasteiger partial charge in [-0.2, -0.15) is 0 Å². The van der Waals surface area contributed by atoms with Crippen molar-refractivity contribution in [2.45, 2.75) is 97.8 Å². The lowest BCUT2D eigenvalue weighted by Gasteiger charge is -2.18. The number of hydrogen-bond acceptors (Lipinski definition) is 9. The van der Waals surface area contributed by atoms with E-state index in [-0.39, 0.29) is 26.0 Å². The fourth-order valence-electron chi connectivity index (χ4n) is 2.46. The largest absolute Gasteiger partial charge is 0.772 e. The average molecular weight is 535 g/mol. The summed E-state index contributed by atoms with van der Waals surface area (Å²) in [4.78, 5) is 32.5. The first-order valence-electron chi connectivity index (χ1n) is 11.8. The lowest BCUT2D eigenvalue weighted by Crippen LogP contribution is -2.20. The van der Waals surface area contributed by atoms with Crippen LogP contribution < -0.4 is 16.8 Å². The number of hydrogen-bond donors (Lipinski definition) is 2. The van der Waals surface area contributed by atoms with Gasteiger partial charge in [-0.1, -0.05) is 78.6 Å². The van der Waals surface area contributed by atoms with Crippen LogP contribution in [0.4, 0.5) is 9.59 Å². The zero-order valence-electron chi connectivity index (χ0n) is 21.8. The molecule has 0 aliphatic heterocycles. The molecule has 1 amide bonds. The number of unbranched alkanes of at least 4 members (excludes halogenated alkanes) is 9. The first-order valence-corrected chi connectivity index (χ1v) is 14.9. The molecule has 206 valence electrons. The number of amides is 1. The van der Waals surface area contributed by atoms with E-state index in [0.29, 0.717) is 6.42 Å². The van der Waals surface area contributed by atoms with Gasteiger partial charge in [0.05, 0.1) is 26.9 Å². The van der Waals surface area contributed by atoms with Gasteiger partial charge in [0.2, 0.25) is 7.60 Å². The average Bonchev–Trinajstić information content (AvgIpc) is 2.78. The van der Waals surface area contributed by atoms with Gasteiger partial charge in [-0.3, -0.25) is 9.36 Å². The molecule has 1 atom stereocenters. The van der Waals surface area contributed by atoms with Crippen molar-refractivity contribution in [3.05, 3.63) is 0 Å². The van der Waals surface area contributed by atoms with Crippen LogP contribution in [-0.2, 0) is 27.4 Å². The SMILES string of the molecule is CCCCCCOP(=O)(OCCCCCC)C(=O)OC.CCCCCCOP(=O)([O-])C(N)=O.[NH4+]. The molecule has 13 heteroatoms. The van der Waals surface area contributed by atoms with Crippen molar-refractivity contribution < 1.29 is 41.9 Å². The van der Waals surface area contributed by atoms with Crippen molar-refractivity contribution in [2.24, 2.45) is 5.73 Å². The van der Waals surface area contributed by atoms with E-state index in [0.717, 1.165) is 70.6 Å². The molecule has 0 aliphatic carbocycles. The van der Waals surface area contributed by atoms with Crippen LogP contribution in [0.15, 0.2) is 0 Å². The van der Waals surface area contributed by atoms with Gasteiger partial charge in [0, 0.05) is 0 Å². The third-order valence-corrected chi connectivity index (χ3v) is 7.18. The minimum Gasteiger partial charge on any atom is -0.772 e. The Balaban J connectivity index is -0.000000598. The van der Waals surface area contributed by atoms with Gasteiger partial charge >= 0.3 is 13.3 Å². The maximum Gasteiger partial charge on any atom is 0.438 e. The van der Waals surface area contributed by atoms with E-state index >= 15 is 0 Å². The van der Waals surface area contributed by atoms with Crippen molar-refractivity contribution >= 4 is 26.6 Å². The highest BCUT2D eigenvalue weighted by molar-refractivity contribution is 7.71. The van der Waals surface area contributed by atoms with E-state index < -0.39 is 26.6 Å². The van der Waals surface area contributed by atoms with Crippen LogP contribution in [0.25, 0.3) is 0 Å². The zero-order valence-corrected chi connectivity index (χ0v) is 23.5. The van der Waals surface area contributed by atoms with Crippen molar-refractivity contribution in [3.8, 4) is 0 Å². The molecule has 0 heterocycles. The molecular weight excluding hydrogens is 486 g/mol. The fourth-order valence-corrected chi connectivity index (χ4v) is 4.20. The molecule has 34 heavy (non-hydrogen) atoms. The van der Waals surface area contributed by atoms with Crippen molar-refractivity contribution in [1.29, 1.82) is 0 Å². The first kappa shape index (κ1) is 37.7. The van der Waals surface area contributed by atoms with Crippen LogP contribution >= 0.6 is 15.2 Å². The molecule has 0 aromatic rings. The van der Waals surface area contributed by atoms with Crippen LogP contribution in [0, 0.1) is 0 Å². The quantitative estimate of drug-likeness (QED) is 0.126. The number of methoxy groups -OCH3 is 1. The Kier molecular flexibility index (Phi) is 26.6. The molecule has 0 aromatic heterocycles. The monoisotopic (exact) mass is 534 g/mol. The Morgan fingerprint density at radius 2 is 1.06 bits per heavy atom. The normalized spacial score (nSPS) is 12.6. The second-order valence-electron chi connectivity index (χ2n) is 7.48. The summed E-state index contributed by atoms with van der Waals surface area (Å²) in [6.45, 7) is 6.84. The Morgan fingerprint density at radius 3 is 1.35 bits per heavy atom. The summed E-state index contributed by atoms with van der Waals surface area (Å²) >= 11 is 0. The maximum atomic E-state index is 12.3. The highest BCUT2D eigenvalue weighted by Crippen LogP contribution is 2.50. The number of nitrogens with two attached hydrogens (primary N) is 1. The number of rotatable bonds is 20. The molecular formula is C21H48N2O9P2. The molecule has 1 unspecified atom stereocenters. The third kappa shape index (κ3) is 20.6. The Labute approximate surface area is 205 Å². The standard InChI is InChI=1S/C14H29O5P.C7H16NO4P.H3N/c1-4-6-8-10-12-18-20(16,14(15)17-3)19-13-11-9-7-5-2;1-2-3-4-5-6-12-13(10,11)7(8)9;/h4-13H2,1-3H3;2-6H2,1H3,(H2,8,9)(H,10,11);1H3. The van der Waals surface area contributed by atoms with Crippen LogP contribution in [0.2, 0.25) is 0 Å². The second-order valence-corrected chi connectivity index (χ2v) is 11.1. The highest BCUT2D eigenvalue weighted by atomic mass is 31.2. The van der Waals surface area contributed by atoms with Crippen molar-refractivity contribution in [1.82, 2.24) is 6.15 Å². The maximum absolute atomic E-state index is 12.3. The smallest absolute Gasteiger partial charge is 0.438 e. The number of primary amides is 1. The van der Waals surface area contributed by atoms with Gasteiger partial charge in [-0.15, -0.1) is 0 Å².